The Morgan fingerprint density at radius 3 is 3.12 bits per heavy atom. The SMILES string of the molecule is c1cncc(CN2CCC[C@@H]2c2ccn[nH]2)c1. The second kappa shape index (κ2) is 4.67. The molecular weight excluding hydrogens is 212 g/mol. The zero-order chi connectivity index (χ0) is 11.5. The highest BCUT2D eigenvalue weighted by Gasteiger charge is 2.26. The van der Waals surface area contributed by atoms with Gasteiger partial charge in [-0.1, -0.05) is 6.07 Å². The Labute approximate surface area is 101 Å². The Hall–Kier alpha value is -1.68. The Morgan fingerprint density at radius 2 is 2.35 bits per heavy atom. The van der Waals surface area contributed by atoms with Crippen molar-refractivity contribution in [3.63, 3.8) is 0 Å². The van der Waals surface area contributed by atoms with Crippen molar-refractivity contribution in [1.29, 1.82) is 0 Å². The highest BCUT2D eigenvalue weighted by atomic mass is 15.2. The number of likely N-dealkylation sites (tertiary alicyclic amines) is 1. The topological polar surface area (TPSA) is 44.8 Å². The molecule has 0 unspecified atom stereocenters. The Balaban J connectivity index is 1.75. The number of rotatable bonds is 3. The van der Waals surface area contributed by atoms with Crippen LogP contribution < -0.4 is 0 Å². The Kier molecular flexibility index (Phi) is 2.88. The normalized spacial score (nSPS) is 20.8. The number of hydrogen-bond donors (Lipinski definition) is 1. The standard InChI is InChI=1S/C13H16N4/c1-3-11(9-14-6-1)10-17-8-2-4-13(17)12-5-7-15-16-12/h1,3,5-7,9,13H,2,4,8,10H2,(H,15,16)/t13-/m1/s1. The molecular formula is C13H16N4. The molecule has 1 N–H and O–H groups in total. The van der Waals surface area contributed by atoms with Crippen molar-refractivity contribution in [2.45, 2.75) is 25.4 Å². The van der Waals surface area contributed by atoms with Crippen LogP contribution in [-0.4, -0.2) is 26.6 Å². The minimum atomic E-state index is 0.484. The third-order valence-electron chi connectivity index (χ3n) is 3.35. The van der Waals surface area contributed by atoms with E-state index in [1.807, 2.05) is 24.7 Å². The van der Waals surface area contributed by atoms with Crippen molar-refractivity contribution in [2.75, 3.05) is 6.54 Å². The van der Waals surface area contributed by atoms with Crippen LogP contribution in [-0.2, 0) is 6.54 Å². The minimum absolute atomic E-state index is 0.484. The smallest absolute Gasteiger partial charge is 0.0523 e. The van der Waals surface area contributed by atoms with E-state index in [0.717, 1.165) is 13.1 Å². The predicted molar refractivity (Wildman–Crippen MR) is 65.2 cm³/mol. The molecule has 17 heavy (non-hydrogen) atoms. The molecule has 0 spiro atoms. The first-order chi connectivity index (χ1) is 8.43. The van der Waals surface area contributed by atoms with E-state index in [0.29, 0.717) is 6.04 Å². The molecule has 0 saturated carbocycles. The molecule has 1 fully saturated rings. The van der Waals surface area contributed by atoms with Crippen LogP contribution in [0, 0.1) is 0 Å². The van der Waals surface area contributed by atoms with Gasteiger partial charge >= 0.3 is 0 Å². The van der Waals surface area contributed by atoms with Crippen LogP contribution in [0.3, 0.4) is 0 Å². The largest absolute Gasteiger partial charge is 0.290 e. The molecule has 0 radical (unpaired) electrons. The lowest BCUT2D eigenvalue weighted by atomic mass is 10.1. The summed E-state index contributed by atoms with van der Waals surface area (Å²) in [6.07, 6.45) is 8.06. The average Bonchev–Trinajstić information content (AvgIpc) is 3.00. The van der Waals surface area contributed by atoms with Crippen LogP contribution in [0.2, 0.25) is 0 Å². The summed E-state index contributed by atoms with van der Waals surface area (Å²) < 4.78 is 0. The van der Waals surface area contributed by atoms with Gasteiger partial charge in [-0.15, -0.1) is 0 Å². The lowest BCUT2D eigenvalue weighted by Gasteiger charge is -2.23. The van der Waals surface area contributed by atoms with E-state index in [4.69, 9.17) is 0 Å². The highest BCUT2D eigenvalue weighted by Crippen LogP contribution is 2.31. The van der Waals surface area contributed by atoms with Gasteiger partial charge in [-0.25, -0.2) is 0 Å². The molecule has 3 heterocycles. The van der Waals surface area contributed by atoms with Gasteiger partial charge < -0.3 is 0 Å². The molecule has 4 heteroatoms. The zero-order valence-electron chi connectivity index (χ0n) is 9.71. The van der Waals surface area contributed by atoms with Gasteiger partial charge in [0.05, 0.1) is 11.7 Å². The van der Waals surface area contributed by atoms with Gasteiger partial charge in [-0.05, 0) is 37.1 Å². The van der Waals surface area contributed by atoms with Crippen LogP contribution >= 0.6 is 0 Å². The van der Waals surface area contributed by atoms with Crippen molar-refractivity contribution in [3.05, 3.63) is 48.0 Å². The first-order valence-corrected chi connectivity index (χ1v) is 6.06. The number of nitrogens with one attached hydrogen (secondary N) is 1. The fourth-order valence-corrected chi connectivity index (χ4v) is 2.55. The summed E-state index contributed by atoms with van der Waals surface area (Å²) >= 11 is 0. The van der Waals surface area contributed by atoms with Crippen molar-refractivity contribution in [2.24, 2.45) is 0 Å². The van der Waals surface area contributed by atoms with Crippen LogP contribution in [0.25, 0.3) is 0 Å². The van der Waals surface area contributed by atoms with E-state index in [-0.39, 0.29) is 0 Å². The maximum Gasteiger partial charge on any atom is 0.0523 e. The van der Waals surface area contributed by atoms with E-state index in [1.165, 1.54) is 24.1 Å². The van der Waals surface area contributed by atoms with E-state index in [1.54, 1.807) is 0 Å². The highest BCUT2D eigenvalue weighted by molar-refractivity contribution is 5.12. The quantitative estimate of drug-likeness (QED) is 0.875. The summed E-state index contributed by atoms with van der Waals surface area (Å²) in [5.74, 6) is 0. The van der Waals surface area contributed by atoms with Gasteiger partial charge in [0.2, 0.25) is 0 Å². The number of nitrogens with zero attached hydrogens (tertiary/aromatic N) is 3. The second-order valence-electron chi connectivity index (χ2n) is 4.50. The van der Waals surface area contributed by atoms with Gasteiger partial charge in [0.15, 0.2) is 0 Å². The van der Waals surface area contributed by atoms with Gasteiger partial charge in [0.25, 0.3) is 0 Å². The number of hydrogen-bond acceptors (Lipinski definition) is 3. The minimum Gasteiger partial charge on any atom is -0.290 e. The van der Waals surface area contributed by atoms with Crippen LogP contribution in [0.1, 0.15) is 30.1 Å². The van der Waals surface area contributed by atoms with E-state index in [2.05, 4.69) is 32.2 Å². The van der Waals surface area contributed by atoms with Crippen molar-refractivity contribution in [1.82, 2.24) is 20.1 Å². The summed E-state index contributed by atoms with van der Waals surface area (Å²) in [7, 11) is 0. The van der Waals surface area contributed by atoms with E-state index in [9.17, 15) is 0 Å². The fraction of sp³-hybridized carbons (Fsp3) is 0.385. The molecule has 2 aromatic heterocycles. The van der Waals surface area contributed by atoms with Gasteiger partial charge in [0, 0.05) is 25.1 Å². The zero-order valence-corrected chi connectivity index (χ0v) is 9.71. The number of H-pyrrole nitrogens is 1. The van der Waals surface area contributed by atoms with Crippen molar-refractivity contribution in [3.8, 4) is 0 Å². The molecule has 0 aliphatic carbocycles. The number of pyridine rings is 1. The first-order valence-electron chi connectivity index (χ1n) is 6.06. The predicted octanol–water partition coefficient (Wildman–Crippen LogP) is 2.14. The molecule has 1 aliphatic heterocycles. The molecule has 0 aromatic carbocycles. The maximum atomic E-state index is 4.17. The summed E-state index contributed by atoms with van der Waals surface area (Å²) in [4.78, 5) is 6.66. The molecule has 2 aromatic rings. The monoisotopic (exact) mass is 228 g/mol. The molecule has 0 bridgehead atoms. The Bertz CT molecular complexity index is 452. The molecule has 1 atom stereocenters. The Morgan fingerprint density at radius 1 is 1.35 bits per heavy atom. The van der Waals surface area contributed by atoms with Crippen LogP contribution in [0.15, 0.2) is 36.8 Å². The van der Waals surface area contributed by atoms with Crippen LogP contribution in [0.5, 0.6) is 0 Å². The van der Waals surface area contributed by atoms with Gasteiger partial charge in [0.1, 0.15) is 0 Å². The summed E-state index contributed by atoms with van der Waals surface area (Å²) in [6, 6.07) is 6.69. The average molecular weight is 228 g/mol. The molecule has 4 nitrogen and oxygen atoms in total. The molecule has 88 valence electrons. The fourth-order valence-electron chi connectivity index (χ4n) is 2.55. The molecule has 0 amide bonds. The molecule has 3 rings (SSSR count). The third kappa shape index (κ3) is 2.22. The summed E-state index contributed by atoms with van der Waals surface area (Å²) in [5, 5.41) is 7.13. The number of aromatic amines is 1. The third-order valence-corrected chi connectivity index (χ3v) is 3.35. The van der Waals surface area contributed by atoms with E-state index < -0.39 is 0 Å². The maximum absolute atomic E-state index is 4.17. The first kappa shape index (κ1) is 10.5. The second-order valence-corrected chi connectivity index (χ2v) is 4.50. The van der Waals surface area contributed by atoms with Crippen molar-refractivity contribution < 1.29 is 0 Å². The molecule has 1 aliphatic rings. The van der Waals surface area contributed by atoms with Gasteiger partial charge in [-0.2, -0.15) is 5.10 Å². The van der Waals surface area contributed by atoms with Gasteiger partial charge in [-0.3, -0.25) is 15.0 Å². The van der Waals surface area contributed by atoms with Crippen molar-refractivity contribution >= 4 is 0 Å². The lowest BCUT2D eigenvalue weighted by molar-refractivity contribution is 0.244. The summed E-state index contributed by atoms with van der Waals surface area (Å²) in [5.41, 5.74) is 2.50. The number of aromatic nitrogens is 3. The van der Waals surface area contributed by atoms with E-state index >= 15 is 0 Å². The van der Waals surface area contributed by atoms with Crippen LogP contribution in [0.4, 0.5) is 0 Å². The summed E-state index contributed by atoms with van der Waals surface area (Å²) in [6.45, 7) is 2.12. The molecule has 1 saturated heterocycles. The lowest BCUT2D eigenvalue weighted by Crippen LogP contribution is -2.23.